The molecule has 0 aliphatic heterocycles. The molecule has 3 aromatic carbocycles. The van der Waals surface area contributed by atoms with Crippen molar-refractivity contribution >= 4 is 11.6 Å². The van der Waals surface area contributed by atoms with Crippen LogP contribution in [0, 0.1) is 0 Å². The first kappa shape index (κ1) is 25.1. The van der Waals surface area contributed by atoms with E-state index in [1.807, 2.05) is 78.3 Å². The SMILES string of the molecule is C[C@]1(O)C[C@@](N)(c2ccc(-c3nc4c(-c5cnc(N)nc5)c(-c5ccccc5)nn4cc3-c3ccccc3)cc2)C1. The van der Waals surface area contributed by atoms with Crippen molar-refractivity contribution < 1.29 is 5.11 Å². The molecule has 1 saturated carbocycles. The number of fused-ring (bicyclic) bond motifs is 1. The summed E-state index contributed by atoms with van der Waals surface area (Å²) in [5.74, 6) is 0.206. The number of hydrogen-bond acceptors (Lipinski definition) is 7. The molecule has 202 valence electrons. The second-order valence-electron chi connectivity index (χ2n) is 11.1. The van der Waals surface area contributed by atoms with E-state index >= 15 is 0 Å². The Hall–Kier alpha value is -4.92. The van der Waals surface area contributed by atoms with Gasteiger partial charge in [0.25, 0.3) is 0 Å². The van der Waals surface area contributed by atoms with Gasteiger partial charge in [-0.25, -0.2) is 19.5 Å². The van der Waals surface area contributed by atoms with Gasteiger partial charge in [-0.3, -0.25) is 0 Å². The van der Waals surface area contributed by atoms with Crippen molar-refractivity contribution in [3.05, 3.63) is 109 Å². The summed E-state index contributed by atoms with van der Waals surface area (Å²) in [5, 5.41) is 15.3. The lowest BCUT2D eigenvalue weighted by molar-refractivity contribution is -0.0738. The van der Waals surface area contributed by atoms with Crippen molar-refractivity contribution in [2.24, 2.45) is 5.73 Å². The lowest BCUT2D eigenvalue weighted by Crippen LogP contribution is -2.58. The third-order valence-corrected chi connectivity index (χ3v) is 7.83. The number of nitrogens with two attached hydrogens (primary N) is 2. The molecule has 0 saturated heterocycles. The van der Waals surface area contributed by atoms with Crippen LogP contribution in [-0.4, -0.2) is 35.3 Å². The van der Waals surface area contributed by atoms with Crippen molar-refractivity contribution in [1.29, 1.82) is 0 Å². The van der Waals surface area contributed by atoms with Crippen LogP contribution in [0.3, 0.4) is 0 Å². The Morgan fingerprint density at radius 2 is 1.34 bits per heavy atom. The molecule has 0 unspecified atom stereocenters. The Labute approximate surface area is 237 Å². The van der Waals surface area contributed by atoms with E-state index in [0.29, 0.717) is 18.5 Å². The van der Waals surface area contributed by atoms with Gasteiger partial charge in [0.2, 0.25) is 5.95 Å². The minimum Gasteiger partial charge on any atom is -0.390 e. The largest absolute Gasteiger partial charge is 0.390 e. The molecule has 0 atom stereocenters. The molecule has 8 nitrogen and oxygen atoms in total. The topological polar surface area (TPSA) is 128 Å². The summed E-state index contributed by atoms with van der Waals surface area (Å²) in [5.41, 5.74) is 20.0. The highest BCUT2D eigenvalue weighted by Crippen LogP contribution is 2.46. The maximum Gasteiger partial charge on any atom is 0.219 e. The molecule has 41 heavy (non-hydrogen) atoms. The van der Waals surface area contributed by atoms with Crippen molar-refractivity contribution in [1.82, 2.24) is 24.6 Å². The fraction of sp³-hybridized carbons (Fsp3) is 0.152. The van der Waals surface area contributed by atoms with E-state index in [-0.39, 0.29) is 5.95 Å². The van der Waals surface area contributed by atoms with E-state index in [0.717, 1.165) is 50.3 Å². The van der Waals surface area contributed by atoms with Crippen LogP contribution >= 0.6 is 0 Å². The number of hydrogen-bond donors (Lipinski definition) is 3. The van der Waals surface area contributed by atoms with Gasteiger partial charge in [-0.2, -0.15) is 5.10 Å². The molecule has 3 aromatic heterocycles. The fourth-order valence-corrected chi connectivity index (χ4v) is 6.02. The highest BCUT2D eigenvalue weighted by molar-refractivity contribution is 5.92. The molecule has 0 amide bonds. The minimum absolute atomic E-state index is 0.206. The molecular formula is C33H29N7O. The van der Waals surface area contributed by atoms with Gasteiger partial charge < -0.3 is 16.6 Å². The van der Waals surface area contributed by atoms with Crippen LogP contribution in [-0.2, 0) is 5.54 Å². The van der Waals surface area contributed by atoms with Crippen LogP contribution in [0.25, 0.3) is 50.4 Å². The van der Waals surface area contributed by atoms with Gasteiger partial charge in [0.05, 0.1) is 16.9 Å². The first-order valence-corrected chi connectivity index (χ1v) is 13.5. The van der Waals surface area contributed by atoms with Crippen LogP contribution in [0.1, 0.15) is 25.3 Å². The summed E-state index contributed by atoms with van der Waals surface area (Å²) < 4.78 is 1.83. The van der Waals surface area contributed by atoms with Crippen LogP contribution in [0.15, 0.2) is 104 Å². The number of aliphatic hydroxyl groups is 1. The average molecular weight is 540 g/mol. The molecule has 1 fully saturated rings. The predicted octanol–water partition coefficient (Wildman–Crippen LogP) is 5.47. The van der Waals surface area contributed by atoms with Gasteiger partial charge in [-0.15, -0.1) is 0 Å². The van der Waals surface area contributed by atoms with Crippen LogP contribution in [0.5, 0.6) is 0 Å². The third-order valence-electron chi connectivity index (χ3n) is 7.83. The van der Waals surface area contributed by atoms with Crippen molar-refractivity contribution in [3.8, 4) is 44.8 Å². The number of anilines is 1. The average Bonchev–Trinajstić information content (AvgIpc) is 3.35. The van der Waals surface area contributed by atoms with Crippen LogP contribution in [0.4, 0.5) is 5.95 Å². The number of aromatic nitrogens is 5. The molecule has 0 bridgehead atoms. The predicted molar refractivity (Wildman–Crippen MR) is 160 cm³/mol. The molecular weight excluding hydrogens is 510 g/mol. The van der Waals surface area contributed by atoms with Gasteiger partial charge in [0.15, 0.2) is 5.65 Å². The Bertz CT molecular complexity index is 1860. The van der Waals surface area contributed by atoms with E-state index in [1.54, 1.807) is 12.4 Å². The summed E-state index contributed by atoms with van der Waals surface area (Å²) in [6, 6.07) is 28.4. The summed E-state index contributed by atoms with van der Waals surface area (Å²) in [4.78, 5) is 13.8. The highest BCUT2D eigenvalue weighted by atomic mass is 16.3. The number of rotatable bonds is 5. The molecule has 0 spiro atoms. The maximum atomic E-state index is 10.3. The normalized spacial score (nSPS) is 20.2. The van der Waals surface area contributed by atoms with Gasteiger partial charge in [0, 0.05) is 46.4 Å². The van der Waals surface area contributed by atoms with E-state index in [2.05, 4.69) is 34.2 Å². The van der Waals surface area contributed by atoms with E-state index in [4.69, 9.17) is 21.5 Å². The van der Waals surface area contributed by atoms with Crippen LogP contribution < -0.4 is 11.5 Å². The first-order chi connectivity index (χ1) is 19.8. The number of nitrogen functional groups attached to an aromatic ring is 1. The quantitative estimate of drug-likeness (QED) is 0.265. The first-order valence-electron chi connectivity index (χ1n) is 13.5. The van der Waals surface area contributed by atoms with Crippen molar-refractivity contribution in [2.75, 3.05) is 5.73 Å². The van der Waals surface area contributed by atoms with Gasteiger partial charge >= 0.3 is 0 Å². The summed E-state index contributed by atoms with van der Waals surface area (Å²) in [7, 11) is 0. The minimum atomic E-state index is -0.721. The molecule has 3 heterocycles. The second kappa shape index (κ2) is 9.33. The van der Waals surface area contributed by atoms with E-state index in [1.165, 1.54) is 0 Å². The fourth-order valence-electron chi connectivity index (χ4n) is 6.02. The lowest BCUT2D eigenvalue weighted by atomic mass is 9.63. The third kappa shape index (κ3) is 4.43. The molecule has 1 aliphatic rings. The van der Waals surface area contributed by atoms with Gasteiger partial charge in [-0.1, -0.05) is 84.9 Å². The van der Waals surface area contributed by atoms with Crippen molar-refractivity contribution in [2.45, 2.75) is 30.9 Å². The monoisotopic (exact) mass is 539 g/mol. The zero-order chi connectivity index (χ0) is 28.2. The van der Waals surface area contributed by atoms with Crippen LogP contribution in [0.2, 0.25) is 0 Å². The van der Waals surface area contributed by atoms with Crippen molar-refractivity contribution in [3.63, 3.8) is 0 Å². The standard InChI is InChI=1S/C33H29N7O/c1-32(41)19-33(35,20-32)25-14-12-23(13-15-25)28-26(21-8-4-2-5-9-21)18-40-30(38-28)27(24-16-36-31(34)37-17-24)29(39-40)22-10-6-3-7-11-22/h2-18,41H,19-20,35H2,1H3,(H2,34,36,37)/t32-,33-. The summed E-state index contributed by atoms with van der Waals surface area (Å²) >= 11 is 0. The summed E-state index contributed by atoms with van der Waals surface area (Å²) in [6.07, 6.45) is 6.51. The smallest absolute Gasteiger partial charge is 0.219 e. The Morgan fingerprint density at radius 1 is 0.756 bits per heavy atom. The number of nitrogens with zero attached hydrogens (tertiary/aromatic N) is 5. The highest BCUT2D eigenvalue weighted by Gasteiger charge is 2.49. The second-order valence-corrected chi connectivity index (χ2v) is 11.1. The molecule has 5 N–H and O–H groups in total. The molecule has 8 heteroatoms. The zero-order valence-corrected chi connectivity index (χ0v) is 22.6. The van der Waals surface area contributed by atoms with Gasteiger partial charge in [-0.05, 0) is 30.9 Å². The number of benzene rings is 3. The molecule has 6 aromatic rings. The Balaban J connectivity index is 1.45. The summed E-state index contributed by atoms with van der Waals surface area (Å²) in [6.45, 7) is 1.83. The van der Waals surface area contributed by atoms with Gasteiger partial charge in [0.1, 0.15) is 5.69 Å². The molecule has 1 aliphatic carbocycles. The molecule has 7 rings (SSSR count). The zero-order valence-electron chi connectivity index (χ0n) is 22.6. The Kier molecular flexibility index (Phi) is 5.71. The van der Waals surface area contributed by atoms with E-state index in [9.17, 15) is 5.11 Å². The van der Waals surface area contributed by atoms with E-state index < -0.39 is 11.1 Å². The molecule has 0 radical (unpaired) electrons. The Morgan fingerprint density at radius 3 is 1.95 bits per heavy atom. The maximum absolute atomic E-state index is 10.3. The lowest BCUT2D eigenvalue weighted by Gasteiger charge is -2.49.